The third-order valence-corrected chi connectivity index (χ3v) is 4.20. The second kappa shape index (κ2) is 7.22. The molecule has 0 aliphatic carbocycles. The molecule has 0 unspecified atom stereocenters. The number of aromatic nitrogens is 2. The van der Waals surface area contributed by atoms with Crippen LogP contribution in [0.3, 0.4) is 0 Å². The van der Waals surface area contributed by atoms with Gasteiger partial charge in [0.2, 0.25) is 11.8 Å². The minimum absolute atomic E-state index is 0.0137. The third kappa shape index (κ3) is 3.84. The summed E-state index contributed by atoms with van der Waals surface area (Å²) < 4.78 is 55.0. The summed E-state index contributed by atoms with van der Waals surface area (Å²) in [6.45, 7) is 3.52. The van der Waals surface area contributed by atoms with Crippen molar-refractivity contribution < 1.29 is 17.6 Å². The van der Waals surface area contributed by atoms with Gasteiger partial charge in [0.25, 0.3) is 0 Å². The van der Waals surface area contributed by atoms with Crippen LogP contribution in [-0.4, -0.2) is 9.55 Å². The van der Waals surface area contributed by atoms with Gasteiger partial charge in [0.1, 0.15) is 0 Å². The van der Waals surface area contributed by atoms with E-state index in [2.05, 4.69) is 10.3 Å². The first kappa shape index (κ1) is 18.6. The topological polar surface area (TPSA) is 46.9 Å². The first-order valence-electron chi connectivity index (χ1n) is 8.00. The molecule has 3 rings (SSSR count). The van der Waals surface area contributed by atoms with Gasteiger partial charge in [-0.05, 0) is 48.7 Å². The monoisotopic (exact) mass is 377 g/mol. The fraction of sp³-hybridized carbons (Fsp3) is 0.158. The Hall–Kier alpha value is -3.16. The highest BCUT2D eigenvalue weighted by molar-refractivity contribution is 5.60. The minimum Gasteiger partial charge on any atom is -0.325 e. The Kier molecular flexibility index (Phi) is 4.98. The molecule has 0 amide bonds. The highest BCUT2D eigenvalue weighted by Crippen LogP contribution is 2.22. The highest BCUT2D eigenvalue weighted by Gasteiger charge is 2.14. The van der Waals surface area contributed by atoms with Gasteiger partial charge in [-0.3, -0.25) is 4.79 Å². The summed E-state index contributed by atoms with van der Waals surface area (Å²) in [5.74, 6) is -5.44. The van der Waals surface area contributed by atoms with Gasteiger partial charge < -0.3 is 9.88 Å². The van der Waals surface area contributed by atoms with E-state index in [9.17, 15) is 22.4 Å². The molecule has 0 atom stereocenters. The maximum atomic E-state index is 13.7. The van der Waals surface area contributed by atoms with E-state index in [0.29, 0.717) is 5.69 Å². The van der Waals surface area contributed by atoms with Gasteiger partial charge in [0, 0.05) is 11.9 Å². The lowest BCUT2D eigenvalue weighted by Gasteiger charge is -2.16. The number of rotatable bonds is 4. The summed E-state index contributed by atoms with van der Waals surface area (Å²) in [6.07, 6.45) is 0.877. The third-order valence-electron chi connectivity index (χ3n) is 4.20. The molecule has 27 heavy (non-hydrogen) atoms. The lowest BCUT2D eigenvalue weighted by Crippen LogP contribution is -2.20. The second-order valence-corrected chi connectivity index (χ2v) is 6.09. The fourth-order valence-corrected chi connectivity index (χ4v) is 2.59. The number of nitrogens with zero attached hydrogens (tertiary/aromatic N) is 2. The van der Waals surface area contributed by atoms with E-state index in [4.69, 9.17) is 0 Å². The average Bonchev–Trinajstić information content (AvgIpc) is 2.61. The Labute approximate surface area is 152 Å². The van der Waals surface area contributed by atoms with E-state index < -0.39 is 28.8 Å². The number of anilines is 2. The molecule has 1 heterocycles. The van der Waals surface area contributed by atoms with Gasteiger partial charge in [-0.25, -0.2) is 13.2 Å². The van der Waals surface area contributed by atoms with Crippen LogP contribution in [0.5, 0.6) is 0 Å². The minimum atomic E-state index is -1.59. The molecule has 2 aromatic carbocycles. The van der Waals surface area contributed by atoms with Crippen LogP contribution in [0.15, 0.2) is 41.3 Å². The summed E-state index contributed by atoms with van der Waals surface area (Å²) in [5.41, 5.74) is 1.48. The van der Waals surface area contributed by atoms with Crippen molar-refractivity contribution in [2.24, 2.45) is 0 Å². The van der Waals surface area contributed by atoms with Gasteiger partial charge in [-0.2, -0.15) is 9.37 Å². The maximum absolute atomic E-state index is 13.7. The van der Waals surface area contributed by atoms with Crippen LogP contribution in [0, 0.1) is 37.1 Å². The molecule has 1 aromatic heterocycles. The van der Waals surface area contributed by atoms with Crippen LogP contribution in [-0.2, 0) is 6.54 Å². The summed E-state index contributed by atoms with van der Waals surface area (Å²) in [5, 5.41) is 2.93. The average molecular weight is 377 g/mol. The van der Waals surface area contributed by atoms with Crippen LogP contribution in [0.2, 0.25) is 0 Å². The van der Waals surface area contributed by atoms with Crippen molar-refractivity contribution in [1.29, 1.82) is 0 Å². The molecule has 0 saturated heterocycles. The lowest BCUT2D eigenvalue weighted by atomic mass is 10.1. The second-order valence-electron chi connectivity index (χ2n) is 6.09. The number of aryl methyl sites for hydroxylation is 1. The van der Waals surface area contributed by atoms with Crippen molar-refractivity contribution in [1.82, 2.24) is 9.55 Å². The SMILES string of the molecule is Cc1cccc(Nc2nc(=O)c(F)cn2Cc2cc(F)c(F)c(F)c2)c1C. The molecule has 0 radical (unpaired) electrons. The van der Waals surface area contributed by atoms with Crippen LogP contribution in [0.4, 0.5) is 29.2 Å². The Morgan fingerprint density at radius 1 is 1.04 bits per heavy atom. The molecule has 140 valence electrons. The number of halogens is 4. The number of nitrogens with one attached hydrogen (secondary N) is 1. The van der Waals surface area contributed by atoms with Crippen molar-refractivity contribution >= 4 is 11.6 Å². The zero-order chi connectivity index (χ0) is 19.7. The maximum Gasteiger partial charge on any atom is 0.310 e. The Morgan fingerprint density at radius 3 is 2.37 bits per heavy atom. The van der Waals surface area contributed by atoms with E-state index in [1.54, 1.807) is 12.1 Å². The molecule has 4 nitrogen and oxygen atoms in total. The first-order valence-corrected chi connectivity index (χ1v) is 8.00. The molecule has 1 N–H and O–H groups in total. The van der Waals surface area contributed by atoms with Crippen molar-refractivity contribution in [2.45, 2.75) is 20.4 Å². The van der Waals surface area contributed by atoms with Crippen molar-refractivity contribution in [3.05, 3.63) is 86.8 Å². The van der Waals surface area contributed by atoms with Gasteiger partial charge in [0.05, 0.1) is 6.54 Å². The number of hydrogen-bond donors (Lipinski definition) is 1. The summed E-state index contributed by atoms with van der Waals surface area (Å²) in [7, 11) is 0. The standard InChI is InChI=1S/C19H15F4N3O/c1-10-4-3-5-16(11(10)2)24-19-25-18(27)15(22)9-26(19)8-12-6-13(20)17(23)14(21)7-12/h3-7,9H,8H2,1-2H3,(H,24,25,27). The van der Waals surface area contributed by atoms with Crippen LogP contribution >= 0.6 is 0 Å². The molecular weight excluding hydrogens is 362 g/mol. The molecule has 8 heteroatoms. The first-order chi connectivity index (χ1) is 12.8. The zero-order valence-electron chi connectivity index (χ0n) is 14.5. The predicted molar refractivity (Wildman–Crippen MR) is 93.1 cm³/mol. The molecule has 0 fully saturated rings. The quantitative estimate of drug-likeness (QED) is 0.547. The molecule has 0 aliphatic heterocycles. The fourth-order valence-electron chi connectivity index (χ4n) is 2.59. The van der Waals surface area contributed by atoms with E-state index in [1.807, 2.05) is 19.9 Å². The number of benzene rings is 2. The zero-order valence-corrected chi connectivity index (χ0v) is 14.5. The summed E-state index contributed by atoms with van der Waals surface area (Å²) >= 11 is 0. The Morgan fingerprint density at radius 2 is 1.70 bits per heavy atom. The Bertz CT molecular complexity index is 1060. The van der Waals surface area contributed by atoms with E-state index in [0.717, 1.165) is 29.5 Å². The van der Waals surface area contributed by atoms with E-state index >= 15 is 0 Å². The molecular formula is C19H15F4N3O. The molecule has 0 aliphatic rings. The molecule has 0 saturated carbocycles. The van der Waals surface area contributed by atoms with Crippen molar-refractivity contribution in [3.63, 3.8) is 0 Å². The van der Waals surface area contributed by atoms with Gasteiger partial charge >= 0.3 is 5.56 Å². The molecule has 0 bridgehead atoms. The predicted octanol–water partition coefficient (Wildman–Crippen LogP) is 4.21. The molecule has 3 aromatic rings. The van der Waals surface area contributed by atoms with E-state index in [1.165, 1.54) is 4.57 Å². The smallest absolute Gasteiger partial charge is 0.310 e. The van der Waals surface area contributed by atoms with Gasteiger partial charge in [-0.1, -0.05) is 12.1 Å². The van der Waals surface area contributed by atoms with E-state index in [-0.39, 0.29) is 18.1 Å². The van der Waals surface area contributed by atoms with Gasteiger partial charge in [-0.15, -0.1) is 0 Å². The highest BCUT2D eigenvalue weighted by atomic mass is 19.2. The normalized spacial score (nSPS) is 10.9. The lowest BCUT2D eigenvalue weighted by molar-refractivity contribution is 0.444. The van der Waals surface area contributed by atoms with Crippen molar-refractivity contribution in [3.8, 4) is 0 Å². The summed E-state index contributed by atoms with van der Waals surface area (Å²) in [6, 6.07) is 7.04. The van der Waals surface area contributed by atoms with Crippen LogP contribution < -0.4 is 10.9 Å². The van der Waals surface area contributed by atoms with Gasteiger partial charge in [0.15, 0.2) is 17.5 Å². The summed E-state index contributed by atoms with van der Waals surface area (Å²) in [4.78, 5) is 15.3. The van der Waals surface area contributed by atoms with Crippen molar-refractivity contribution in [2.75, 3.05) is 5.32 Å². The Balaban J connectivity index is 2.04. The van der Waals surface area contributed by atoms with Crippen LogP contribution in [0.25, 0.3) is 0 Å². The van der Waals surface area contributed by atoms with Crippen LogP contribution in [0.1, 0.15) is 16.7 Å². The molecule has 0 spiro atoms. The number of hydrogen-bond acceptors (Lipinski definition) is 3. The largest absolute Gasteiger partial charge is 0.325 e.